The van der Waals surface area contributed by atoms with Gasteiger partial charge >= 0.3 is 0 Å². The van der Waals surface area contributed by atoms with Crippen LogP contribution in [0.2, 0.25) is 0 Å². The lowest BCUT2D eigenvalue weighted by atomic mass is 9.95. The van der Waals surface area contributed by atoms with Gasteiger partial charge in [0.05, 0.1) is 6.04 Å². The van der Waals surface area contributed by atoms with Gasteiger partial charge in [0.25, 0.3) is 0 Å². The van der Waals surface area contributed by atoms with Gasteiger partial charge < -0.3 is 4.90 Å². The molecule has 0 bridgehead atoms. The van der Waals surface area contributed by atoms with Crippen LogP contribution in [-0.4, -0.2) is 50.7 Å². The van der Waals surface area contributed by atoms with Gasteiger partial charge in [0.1, 0.15) is 5.82 Å². The molecule has 1 aliphatic carbocycles. The number of hydrogen-bond donors (Lipinski definition) is 0. The monoisotopic (exact) mass is 336 g/mol. The first-order chi connectivity index (χ1) is 11.3. The lowest BCUT2D eigenvalue weighted by molar-refractivity contribution is -0.127. The fourth-order valence-electron chi connectivity index (χ4n) is 3.67. The Labute approximate surface area is 143 Å². The van der Waals surface area contributed by atoms with Gasteiger partial charge in [-0.05, 0) is 25.5 Å². The molecule has 2 aliphatic rings. The van der Waals surface area contributed by atoms with E-state index in [0.29, 0.717) is 18.4 Å². The summed E-state index contributed by atoms with van der Waals surface area (Å²) in [5.41, 5.74) is 0. The van der Waals surface area contributed by atoms with Gasteiger partial charge in [-0.2, -0.15) is 16.9 Å². The number of hydrogen-bond acceptors (Lipinski definition) is 4. The fraction of sp³-hybridized carbons (Fsp3) is 0.824. The summed E-state index contributed by atoms with van der Waals surface area (Å²) >= 11 is 1.84. The molecule has 0 atom stereocenters. The number of aryl methyl sites for hydroxylation is 1. The van der Waals surface area contributed by atoms with Crippen LogP contribution in [0.4, 0.5) is 0 Å². The van der Waals surface area contributed by atoms with Crippen molar-refractivity contribution in [1.29, 1.82) is 0 Å². The maximum absolute atomic E-state index is 11.8. The molecule has 6 heteroatoms. The number of aromatic nitrogens is 3. The minimum absolute atomic E-state index is 0.302. The first-order valence-electron chi connectivity index (χ1n) is 8.99. The molecule has 1 aromatic rings. The van der Waals surface area contributed by atoms with E-state index < -0.39 is 0 Å². The van der Waals surface area contributed by atoms with Crippen LogP contribution in [0.15, 0.2) is 0 Å². The van der Waals surface area contributed by atoms with Crippen molar-refractivity contribution >= 4 is 17.7 Å². The molecule has 128 valence electrons. The molecule has 1 aliphatic heterocycles. The van der Waals surface area contributed by atoms with Crippen LogP contribution in [0.25, 0.3) is 0 Å². The second-order valence-corrected chi connectivity index (χ2v) is 7.64. The predicted octanol–water partition coefficient (Wildman–Crippen LogP) is 2.85. The van der Waals surface area contributed by atoms with Crippen molar-refractivity contribution < 1.29 is 4.79 Å². The molecule has 23 heavy (non-hydrogen) atoms. The molecule has 1 amide bonds. The van der Waals surface area contributed by atoms with Crippen LogP contribution in [0.3, 0.4) is 0 Å². The van der Waals surface area contributed by atoms with Crippen molar-refractivity contribution in [3.8, 4) is 0 Å². The van der Waals surface area contributed by atoms with Gasteiger partial charge in [-0.1, -0.05) is 19.3 Å². The van der Waals surface area contributed by atoms with Crippen LogP contribution in [0.5, 0.6) is 0 Å². The normalized spacial score (nSPS) is 19.7. The van der Waals surface area contributed by atoms with Crippen LogP contribution in [0, 0.1) is 0 Å². The smallest absolute Gasteiger partial charge is 0.222 e. The van der Waals surface area contributed by atoms with E-state index in [1.807, 2.05) is 16.7 Å². The predicted molar refractivity (Wildman–Crippen MR) is 93.7 cm³/mol. The van der Waals surface area contributed by atoms with E-state index in [0.717, 1.165) is 49.8 Å². The summed E-state index contributed by atoms with van der Waals surface area (Å²) in [7, 11) is 0. The SMILES string of the molecule is CSCCc1nc(CCN2CCCC2=O)n(C2CCCCC2)n1. The summed E-state index contributed by atoms with van der Waals surface area (Å²) in [4.78, 5) is 18.6. The van der Waals surface area contributed by atoms with Gasteiger partial charge in [0.15, 0.2) is 5.82 Å². The first kappa shape index (κ1) is 16.8. The van der Waals surface area contributed by atoms with E-state index in [-0.39, 0.29) is 0 Å². The van der Waals surface area contributed by atoms with Crippen LogP contribution in [0.1, 0.15) is 62.6 Å². The summed E-state index contributed by atoms with van der Waals surface area (Å²) in [6.07, 6.45) is 12.0. The highest BCUT2D eigenvalue weighted by Crippen LogP contribution is 2.28. The first-order valence-corrected chi connectivity index (χ1v) is 10.4. The van der Waals surface area contributed by atoms with Crippen molar-refractivity contribution in [2.75, 3.05) is 25.1 Å². The zero-order chi connectivity index (χ0) is 16.1. The minimum atomic E-state index is 0.302. The molecule has 1 saturated carbocycles. The molecular formula is C17H28N4OS. The largest absolute Gasteiger partial charge is 0.342 e. The number of amides is 1. The summed E-state index contributed by atoms with van der Waals surface area (Å²) in [6.45, 7) is 1.71. The molecular weight excluding hydrogens is 308 g/mol. The number of carbonyl (C=O) groups excluding carboxylic acids is 1. The second kappa shape index (κ2) is 8.18. The third kappa shape index (κ3) is 4.28. The highest BCUT2D eigenvalue weighted by Gasteiger charge is 2.23. The summed E-state index contributed by atoms with van der Waals surface area (Å²) in [6, 6.07) is 0.517. The van der Waals surface area contributed by atoms with Gasteiger partial charge in [-0.15, -0.1) is 0 Å². The molecule has 0 spiro atoms. The Morgan fingerprint density at radius 2 is 2.00 bits per heavy atom. The van der Waals surface area contributed by atoms with Crippen LogP contribution >= 0.6 is 11.8 Å². The van der Waals surface area contributed by atoms with Crippen LogP contribution in [-0.2, 0) is 17.6 Å². The van der Waals surface area contributed by atoms with Crippen molar-refractivity contribution in [1.82, 2.24) is 19.7 Å². The van der Waals surface area contributed by atoms with Crippen molar-refractivity contribution in [2.24, 2.45) is 0 Å². The average molecular weight is 337 g/mol. The highest BCUT2D eigenvalue weighted by atomic mass is 32.2. The number of carbonyl (C=O) groups is 1. The molecule has 1 saturated heterocycles. The number of thioether (sulfide) groups is 1. The molecule has 2 heterocycles. The summed E-state index contributed by atoms with van der Waals surface area (Å²) in [5, 5.41) is 4.82. The minimum Gasteiger partial charge on any atom is -0.342 e. The standard InChI is InChI=1S/C17H28N4OS/c1-23-13-10-15-18-16(9-12-20-11-5-8-17(20)22)21(19-15)14-6-3-2-4-7-14/h14H,2-13H2,1H3. The molecule has 3 rings (SSSR count). The summed E-state index contributed by atoms with van der Waals surface area (Å²) < 4.78 is 2.20. The highest BCUT2D eigenvalue weighted by molar-refractivity contribution is 7.98. The molecule has 1 aromatic heterocycles. The molecule has 5 nitrogen and oxygen atoms in total. The lowest BCUT2D eigenvalue weighted by Gasteiger charge is -2.23. The van der Waals surface area contributed by atoms with Crippen molar-refractivity contribution in [2.45, 2.75) is 63.8 Å². The Bertz CT molecular complexity index is 525. The Kier molecular flexibility index (Phi) is 5.97. The molecule has 0 radical (unpaired) electrons. The third-order valence-corrected chi connectivity index (χ3v) is 5.59. The number of rotatable bonds is 7. The van der Waals surface area contributed by atoms with Crippen LogP contribution < -0.4 is 0 Å². The maximum Gasteiger partial charge on any atom is 0.222 e. The summed E-state index contributed by atoms with van der Waals surface area (Å²) in [5.74, 6) is 3.44. The zero-order valence-corrected chi connectivity index (χ0v) is 15.0. The maximum atomic E-state index is 11.8. The van der Waals surface area contributed by atoms with E-state index >= 15 is 0 Å². The quantitative estimate of drug-likeness (QED) is 0.768. The molecule has 0 N–H and O–H groups in total. The van der Waals surface area contributed by atoms with Gasteiger partial charge in [-0.3, -0.25) is 4.79 Å². The number of likely N-dealkylation sites (tertiary alicyclic amines) is 1. The van der Waals surface area contributed by atoms with Gasteiger partial charge in [0.2, 0.25) is 5.91 Å². The molecule has 2 fully saturated rings. The second-order valence-electron chi connectivity index (χ2n) is 6.66. The zero-order valence-electron chi connectivity index (χ0n) is 14.2. The van der Waals surface area contributed by atoms with Crippen molar-refractivity contribution in [3.05, 3.63) is 11.6 Å². The van der Waals surface area contributed by atoms with E-state index in [1.54, 1.807) is 0 Å². The van der Waals surface area contributed by atoms with Gasteiger partial charge in [0, 0.05) is 38.1 Å². The fourth-order valence-corrected chi connectivity index (χ4v) is 4.05. The van der Waals surface area contributed by atoms with E-state index in [9.17, 15) is 4.79 Å². The Hall–Kier alpha value is -1.04. The topological polar surface area (TPSA) is 51.0 Å². The molecule has 0 aromatic carbocycles. The van der Waals surface area contributed by atoms with E-state index in [1.165, 1.54) is 32.1 Å². The van der Waals surface area contributed by atoms with Crippen molar-refractivity contribution in [3.63, 3.8) is 0 Å². The van der Waals surface area contributed by atoms with Gasteiger partial charge in [-0.25, -0.2) is 9.67 Å². The average Bonchev–Trinajstić information content (AvgIpc) is 3.18. The Morgan fingerprint density at radius 1 is 1.17 bits per heavy atom. The lowest BCUT2D eigenvalue weighted by Crippen LogP contribution is -2.28. The molecule has 0 unspecified atom stereocenters. The van der Waals surface area contributed by atoms with E-state index in [2.05, 4.69) is 10.9 Å². The van der Waals surface area contributed by atoms with E-state index in [4.69, 9.17) is 10.1 Å². The number of nitrogens with zero attached hydrogens (tertiary/aromatic N) is 4. The third-order valence-electron chi connectivity index (χ3n) is 4.97. The Balaban J connectivity index is 1.69. The Morgan fingerprint density at radius 3 is 2.70 bits per heavy atom.